The van der Waals surface area contributed by atoms with Gasteiger partial charge in [-0.2, -0.15) is 0 Å². The molecule has 0 rings (SSSR count). The minimum Gasteiger partial charge on any atom is -0.498 e. The third kappa shape index (κ3) is 14.5. The second-order valence-corrected chi connectivity index (χ2v) is 4.22. The first-order valence-electron chi connectivity index (χ1n) is 7.03. The highest BCUT2D eigenvalue weighted by Gasteiger charge is 1.98. The van der Waals surface area contributed by atoms with E-state index in [0.29, 0.717) is 0 Å². The molecule has 0 heterocycles. The lowest BCUT2D eigenvalue weighted by Gasteiger charge is -2.04. The van der Waals surface area contributed by atoms with Gasteiger partial charge in [0.05, 0.1) is 12.9 Å². The lowest BCUT2D eigenvalue weighted by atomic mass is 10.2. The van der Waals surface area contributed by atoms with Crippen LogP contribution in [0.5, 0.6) is 0 Å². The van der Waals surface area contributed by atoms with Gasteiger partial charge in [0.2, 0.25) is 0 Å². The minimum atomic E-state index is -0.820. The van der Waals surface area contributed by atoms with Crippen molar-refractivity contribution in [3.05, 3.63) is 60.9 Å². The maximum Gasteiger partial charge on any atom is 0.115 e. The number of aliphatic hydroxyl groups excluding tert-OH is 2. The first-order chi connectivity index (χ1) is 9.81. The highest BCUT2D eigenvalue weighted by Crippen LogP contribution is 1.95. The molecule has 112 valence electrons. The summed E-state index contributed by atoms with van der Waals surface area (Å²) in [7, 11) is 0. The SMILES string of the molecule is CCCC/C=C/C=C/C=C/C=C/C=C/OCC(O)CO. The molecule has 0 saturated carbocycles. The number of rotatable bonds is 11. The quantitative estimate of drug-likeness (QED) is 0.346. The molecule has 0 aliphatic carbocycles. The smallest absolute Gasteiger partial charge is 0.115 e. The zero-order valence-electron chi connectivity index (χ0n) is 12.2. The summed E-state index contributed by atoms with van der Waals surface area (Å²) in [6, 6.07) is 0. The van der Waals surface area contributed by atoms with Crippen LogP contribution in [0.2, 0.25) is 0 Å². The van der Waals surface area contributed by atoms with Crippen molar-refractivity contribution in [3.63, 3.8) is 0 Å². The van der Waals surface area contributed by atoms with Crippen molar-refractivity contribution in [1.82, 2.24) is 0 Å². The van der Waals surface area contributed by atoms with Crippen LogP contribution in [0, 0.1) is 0 Å². The summed E-state index contributed by atoms with van der Waals surface area (Å²) < 4.78 is 4.99. The van der Waals surface area contributed by atoms with Crippen molar-refractivity contribution >= 4 is 0 Å². The van der Waals surface area contributed by atoms with Gasteiger partial charge >= 0.3 is 0 Å². The Balaban J connectivity index is 3.63. The van der Waals surface area contributed by atoms with Gasteiger partial charge < -0.3 is 14.9 Å². The molecule has 3 heteroatoms. The summed E-state index contributed by atoms with van der Waals surface area (Å²) in [6.07, 6.45) is 21.8. The van der Waals surface area contributed by atoms with Crippen LogP contribution in [-0.4, -0.2) is 29.5 Å². The summed E-state index contributed by atoms with van der Waals surface area (Å²) in [5.41, 5.74) is 0. The monoisotopic (exact) mass is 278 g/mol. The maximum atomic E-state index is 9.00. The molecular formula is C17H26O3. The molecule has 0 spiro atoms. The average molecular weight is 278 g/mol. The average Bonchev–Trinajstić information content (AvgIpc) is 2.47. The molecule has 1 atom stereocenters. The Morgan fingerprint density at radius 3 is 2.15 bits per heavy atom. The van der Waals surface area contributed by atoms with E-state index < -0.39 is 6.10 Å². The van der Waals surface area contributed by atoms with Gasteiger partial charge in [-0.15, -0.1) is 0 Å². The van der Waals surface area contributed by atoms with Gasteiger partial charge in [-0.3, -0.25) is 0 Å². The molecule has 2 N–H and O–H groups in total. The number of hydrogen-bond donors (Lipinski definition) is 2. The third-order valence-corrected chi connectivity index (χ3v) is 2.31. The molecule has 0 aliphatic heterocycles. The third-order valence-electron chi connectivity index (χ3n) is 2.31. The predicted octanol–water partition coefficient (Wildman–Crippen LogP) is 3.28. The Labute approximate surface area is 122 Å². The van der Waals surface area contributed by atoms with E-state index in [1.165, 1.54) is 19.1 Å². The number of hydrogen-bond acceptors (Lipinski definition) is 3. The Bertz CT molecular complexity index is 338. The van der Waals surface area contributed by atoms with Crippen LogP contribution in [0.3, 0.4) is 0 Å². The van der Waals surface area contributed by atoms with E-state index in [1.54, 1.807) is 6.08 Å². The van der Waals surface area contributed by atoms with Crippen LogP contribution in [0.4, 0.5) is 0 Å². The molecule has 20 heavy (non-hydrogen) atoms. The number of allylic oxidation sites excluding steroid dienone is 9. The molecule has 0 aromatic heterocycles. The standard InChI is InChI=1S/C17H26O3/c1-2-3-4-5-6-7-8-9-10-11-12-13-14-20-16-17(19)15-18/h5-14,17-19H,2-4,15-16H2,1H3/b6-5+,8-7+,10-9+,12-11+,14-13+. The van der Waals surface area contributed by atoms with Gasteiger partial charge in [0.25, 0.3) is 0 Å². The van der Waals surface area contributed by atoms with Crippen molar-refractivity contribution in [2.24, 2.45) is 0 Å². The van der Waals surface area contributed by atoms with Crippen molar-refractivity contribution in [2.75, 3.05) is 13.2 Å². The van der Waals surface area contributed by atoms with Crippen molar-refractivity contribution in [2.45, 2.75) is 32.3 Å². The number of aliphatic hydroxyl groups is 2. The van der Waals surface area contributed by atoms with Gasteiger partial charge in [0.15, 0.2) is 0 Å². The van der Waals surface area contributed by atoms with Gasteiger partial charge in [-0.05, 0) is 12.5 Å². The Hall–Kier alpha value is -1.58. The molecule has 0 aromatic rings. The van der Waals surface area contributed by atoms with Gasteiger partial charge in [-0.1, -0.05) is 68.4 Å². The normalized spacial score (nSPS) is 14.6. The first-order valence-corrected chi connectivity index (χ1v) is 7.03. The molecule has 3 nitrogen and oxygen atoms in total. The van der Waals surface area contributed by atoms with Crippen LogP contribution in [-0.2, 0) is 4.74 Å². The molecular weight excluding hydrogens is 252 g/mol. The molecule has 0 aromatic carbocycles. The van der Waals surface area contributed by atoms with Crippen LogP contribution < -0.4 is 0 Å². The zero-order valence-corrected chi connectivity index (χ0v) is 12.2. The molecule has 0 saturated heterocycles. The minimum absolute atomic E-state index is 0.101. The fourth-order valence-electron chi connectivity index (χ4n) is 1.20. The summed E-state index contributed by atoms with van der Waals surface area (Å²) in [5.74, 6) is 0. The Kier molecular flexibility index (Phi) is 14.3. The van der Waals surface area contributed by atoms with E-state index >= 15 is 0 Å². The number of unbranched alkanes of at least 4 members (excludes halogenated alkanes) is 2. The van der Waals surface area contributed by atoms with Crippen LogP contribution in [0.1, 0.15) is 26.2 Å². The molecule has 0 aliphatic rings. The molecule has 0 fully saturated rings. The van der Waals surface area contributed by atoms with E-state index in [0.717, 1.165) is 6.42 Å². The Morgan fingerprint density at radius 1 is 0.950 bits per heavy atom. The van der Waals surface area contributed by atoms with E-state index in [1.807, 2.05) is 36.5 Å². The zero-order chi connectivity index (χ0) is 14.9. The van der Waals surface area contributed by atoms with Crippen LogP contribution in [0.15, 0.2) is 60.9 Å². The highest BCUT2D eigenvalue weighted by molar-refractivity contribution is 5.17. The maximum absolute atomic E-state index is 9.00. The predicted molar refractivity (Wildman–Crippen MR) is 84.3 cm³/mol. The van der Waals surface area contributed by atoms with Crippen molar-refractivity contribution < 1.29 is 14.9 Å². The second-order valence-electron chi connectivity index (χ2n) is 4.22. The second kappa shape index (κ2) is 15.5. The lowest BCUT2D eigenvalue weighted by Crippen LogP contribution is -2.17. The molecule has 0 radical (unpaired) electrons. The van der Waals surface area contributed by atoms with Crippen LogP contribution >= 0.6 is 0 Å². The number of ether oxygens (including phenoxy) is 1. The van der Waals surface area contributed by atoms with Crippen LogP contribution in [0.25, 0.3) is 0 Å². The molecule has 0 bridgehead atoms. The van der Waals surface area contributed by atoms with E-state index in [2.05, 4.69) is 19.1 Å². The topological polar surface area (TPSA) is 49.7 Å². The lowest BCUT2D eigenvalue weighted by molar-refractivity contribution is 0.0384. The summed E-state index contributed by atoms with van der Waals surface area (Å²) >= 11 is 0. The van der Waals surface area contributed by atoms with E-state index in [-0.39, 0.29) is 13.2 Å². The van der Waals surface area contributed by atoms with E-state index in [9.17, 15) is 0 Å². The first kappa shape index (κ1) is 18.4. The van der Waals surface area contributed by atoms with E-state index in [4.69, 9.17) is 14.9 Å². The molecule has 0 amide bonds. The van der Waals surface area contributed by atoms with Gasteiger partial charge in [0.1, 0.15) is 12.7 Å². The molecule has 1 unspecified atom stereocenters. The fraction of sp³-hybridized carbons (Fsp3) is 0.412. The fourth-order valence-corrected chi connectivity index (χ4v) is 1.20. The largest absolute Gasteiger partial charge is 0.498 e. The van der Waals surface area contributed by atoms with Gasteiger partial charge in [-0.25, -0.2) is 0 Å². The van der Waals surface area contributed by atoms with Gasteiger partial charge in [0, 0.05) is 0 Å². The summed E-state index contributed by atoms with van der Waals surface area (Å²) in [5, 5.41) is 17.5. The summed E-state index contributed by atoms with van der Waals surface area (Å²) in [6.45, 7) is 2.00. The van der Waals surface area contributed by atoms with Crippen molar-refractivity contribution in [1.29, 1.82) is 0 Å². The van der Waals surface area contributed by atoms with Crippen molar-refractivity contribution in [3.8, 4) is 0 Å². The Morgan fingerprint density at radius 2 is 1.55 bits per heavy atom. The summed E-state index contributed by atoms with van der Waals surface area (Å²) in [4.78, 5) is 0. The highest BCUT2D eigenvalue weighted by atomic mass is 16.5.